The number of halogens is 1. The van der Waals surface area contributed by atoms with Crippen LogP contribution in [0.1, 0.15) is 56.4 Å². The van der Waals surface area contributed by atoms with Crippen molar-refractivity contribution in [3.63, 3.8) is 0 Å². The fourth-order valence-electron chi connectivity index (χ4n) is 9.32. The molecule has 4 aliphatic rings. The third-order valence-corrected chi connectivity index (χ3v) is 13.0. The number of anilines is 2. The Morgan fingerprint density at radius 2 is 1.68 bits per heavy atom. The maximum atomic E-state index is 15.0. The summed E-state index contributed by atoms with van der Waals surface area (Å²) in [5.41, 5.74) is 1.51. The molecule has 4 fully saturated rings. The number of aromatic nitrogens is 5. The zero-order valence-corrected chi connectivity index (χ0v) is 35.1. The summed E-state index contributed by atoms with van der Waals surface area (Å²) in [6.07, 6.45) is 6.25. The lowest BCUT2D eigenvalue weighted by Crippen LogP contribution is -2.58. The Labute approximate surface area is 362 Å². The number of fused-ring (bicyclic) bond motifs is 1. The quantitative estimate of drug-likeness (QED) is 0.197. The maximum absolute atomic E-state index is 15.0. The smallest absolute Gasteiger partial charge is 0.329 e. The average molecular weight is 860 g/mol. The first-order chi connectivity index (χ1) is 30.4. The van der Waals surface area contributed by atoms with Gasteiger partial charge < -0.3 is 20.2 Å². The molecule has 9 rings (SSSR count). The van der Waals surface area contributed by atoms with Crippen molar-refractivity contribution in [1.82, 2.24) is 44.3 Å². The SMILES string of the molecule is Cn1nc(N2CCC(=O)NC2=O)c2ccc(C3CCN(CC(=O)N4CCC(O)(C(=O)N5CCC(Nc6ncc(F)c(-c7cccc(-n8ccccc8=O)c7)n6)CC5)CC4)CC3)cc21. The maximum Gasteiger partial charge on any atom is 0.329 e. The van der Waals surface area contributed by atoms with Crippen LogP contribution in [-0.2, 0) is 21.4 Å². The normalized spacial score (nSPS) is 19.1. The topological polar surface area (TPSA) is 191 Å². The lowest BCUT2D eigenvalue weighted by Gasteiger charge is -2.42. The highest BCUT2D eigenvalue weighted by Gasteiger charge is 2.44. The molecule has 0 radical (unpaired) electrons. The Bertz CT molecular complexity index is 2630. The largest absolute Gasteiger partial charge is 0.380 e. The third kappa shape index (κ3) is 8.64. The van der Waals surface area contributed by atoms with E-state index in [0.29, 0.717) is 62.0 Å². The number of hydrogen-bond donors (Lipinski definition) is 3. The predicted molar refractivity (Wildman–Crippen MR) is 232 cm³/mol. The second kappa shape index (κ2) is 17.3. The van der Waals surface area contributed by atoms with E-state index in [1.807, 2.05) is 13.1 Å². The van der Waals surface area contributed by atoms with E-state index in [-0.39, 0.29) is 73.3 Å². The summed E-state index contributed by atoms with van der Waals surface area (Å²) in [6.45, 7) is 3.51. The van der Waals surface area contributed by atoms with Crippen LogP contribution in [0.5, 0.6) is 0 Å². The summed E-state index contributed by atoms with van der Waals surface area (Å²) in [5, 5.41) is 22.6. The third-order valence-electron chi connectivity index (χ3n) is 13.0. The number of carbonyl (C=O) groups excluding carboxylic acids is 4. The number of pyridine rings is 1. The number of nitrogens with one attached hydrogen (secondary N) is 2. The first-order valence-corrected chi connectivity index (χ1v) is 21.6. The Morgan fingerprint density at radius 3 is 2.43 bits per heavy atom. The van der Waals surface area contributed by atoms with Gasteiger partial charge in [0.15, 0.2) is 11.6 Å². The van der Waals surface area contributed by atoms with Crippen molar-refractivity contribution < 1.29 is 28.7 Å². The minimum absolute atomic E-state index is 0.00678. The number of aryl methyl sites for hydroxylation is 1. The van der Waals surface area contributed by atoms with Gasteiger partial charge in [-0.05, 0) is 80.6 Å². The van der Waals surface area contributed by atoms with Crippen molar-refractivity contribution in [2.24, 2.45) is 7.05 Å². The van der Waals surface area contributed by atoms with Crippen molar-refractivity contribution in [2.45, 2.75) is 62.5 Å². The molecule has 0 spiro atoms. The zero-order chi connectivity index (χ0) is 43.8. The molecular weight excluding hydrogens is 810 g/mol. The minimum Gasteiger partial charge on any atom is -0.380 e. The van der Waals surface area contributed by atoms with Crippen LogP contribution in [0.2, 0.25) is 0 Å². The molecule has 0 unspecified atom stereocenters. The van der Waals surface area contributed by atoms with Gasteiger partial charge in [-0.1, -0.05) is 24.3 Å². The molecule has 4 aliphatic heterocycles. The molecule has 0 aliphatic carbocycles. The Kier molecular flexibility index (Phi) is 11.5. The highest BCUT2D eigenvalue weighted by molar-refractivity contribution is 6.08. The van der Waals surface area contributed by atoms with Gasteiger partial charge in [0.05, 0.1) is 18.3 Å². The van der Waals surface area contributed by atoms with E-state index in [0.717, 1.165) is 43.0 Å². The van der Waals surface area contributed by atoms with Gasteiger partial charge in [-0.25, -0.2) is 19.2 Å². The van der Waals surface area contributed by atoms with Crippen molar-refractivity contribution in [2.75, 3.05) is 62.6 Å². The predicted octanol–water partition coefficient (Wildman–Crippen LogP) is 3.40. The van der Waals surface area contributed by atoms with Crippen LogP contribution in [-0.4, -0.2) is 132 Å². The van der Waals surface area contributed by atoms with Gasteiger partial charge >= 0.3 is 6.03 Å². The Hall–Kier alpha value is -6.53. The highest BCUT2D eigenvalue weighted by atomic mass is 19.1. The van der Waals surface area contributed by atoms with Crippen LogP contribution in [0, 0.1) is 5.82 Å². The number of rotatable bonds is 9. The molecule has 0 bridgehead atoms. The number of benzene rings is 2. The average Bonchev–Trinajstić information content (AvgIpc) is 3.62. The fourth-order valence-corrected chi connectivity index (χ4v) is 9.32. The first kappa shape index (κ1) is 41.8. The lowest BCUT2D eigenvalue weighted by atomic mass is 9.88. The standard InChI is InChI=1S/C45H50FN11O6/c1-52-36-26-30(8-9-34(36)41(51-52)57-22-14-37(58)49-44(57)62)29-10-18-53(19-11-29)28-39(60)54-23-15-45(63,16-24-54)42(61)55-20-12-32(13-21-55)48-43-47-27-35(46)40(50-43)31-5-4-6-33(25-31)56-17-3-2-7-38(56)59/h2-9,17,25-27,29,32,63H,10-16,18-24,28H2,1H3,(H,47,48,50)(H,49,58,62). The molecule has 328 valence electrons. The molecule has 63 heavy (non-hydrogen) atoms. The number of amides is 5. The molecule has 17 nitrogen and oxygen atoms in total. The number of carbonyl (C=O) groups is 4. The molecule has 4 saturated heterocycles. The van der Waals surface area contributed by atoms with E-state index in [2.05, 4.69) is 42.7 Å². The summed E-state index contributed by atoms with van der Waals surface area (Å²) in [4.78, 5) is 79.4. The molecule has 0 atom stereocenters. The Morgan fingerprint density at radius 1 is 0.905 bits per heavy atom. The van der Waals surface area contributed by atoms with Gasteiger partial charge in [-0.3, -0.25) is 43.5 Å². The number of piperidine rings is 3. The van der Waals surface area contributed by atoms with E-state index in [1.54, 1.807) is 57.1 Å². The molecule has 7 heterocycles. The first-order valence-electron chi connectivity index (χ1n) is 21.6. The number of imide groups is 1. The number of nitrogens with zero attached hydrogens (tertiary/aromatic N) is 9. The van der Waals surface area contributed by atoms with Crippen molar-refractivity contribution in [3.05, 3.63) is 94.8 Å². The van der Waals surface area contributed by atoms with Crippen molar-refractivity contribution in [1.29, 1.82) is 0 Å². The number of urea groups is 1. The molecule has 5 amide bonds. The van der Waals surface area contributed by atoms with E-state index in [9.17, 15) is 29.1 Å². The van der Waals surface area contributed by atoms with Crippen molar-refractivity contribution in [3.8, 4) is 16.9 Å². The second-order valence-corrected chi connectivity index (χ2v) is 17.0. The summed E-state index contributed by atoms with van der Waals surface area (Å²) >= 11 is 0. The lowest BCUT2D eigenvalue weighted by molar-refractivity contribution is -0.160. The molecule has 0 saturated carbocycles. The highest BCUT2D eigenvalue weighted by Crippen LogP contribution is 2.34. The van der Waals surface area contributed by atoms with Crippen molar-refractivity contribution >= 4 is 46.4 Å². The van der Waals surface area contributed by atoms with Gasteiger partial charge in [-0.15, -0.1) is 0 Å². The van der Waals surface area contributed by atoms with Gasteiger partial charge in [0.2, 0.25) is 17.8 Å². The van der Waals surface area contributed by atoms with Gasteiger partial charge in [0.1, 0.15) is 11.3 Å². The van der Waals surface area contributed by atoms with Crippen LogP contribution in [0.15, 0.2) is 77.9 Å². The minimum atomic E-state index is -1.54. The summed E-state index contributed by atoms with van der Waals surface area (Å²) < 4.78 is 18.2. The van der Waals surface area contributed by atoms with E-state index in [1.165, 1.54) is 21.1 Å². The van der Waals surface area contributed by atoms with Gasteiger partial charge in [0, 0.05) is 94.0 Å². The van der Waals surface area contributed by atoms with Crippen LogP contribution >= 0.6 is 0 Å². The second-order valence-electron chi connectivity index (χ2n) is 17.0. The number of hydrogen-bond acceptors (Lipinski definition) is 11. The summed E-state index contributed by atoms with van der Waals surface area (Å²) in [5.74, 6) is -0.118. The monoisotopic (exact) mass is 859 g/mol. The number of likely N-dealkylation sites (tertiary alicyclic amines) is 3. The van der Waals surface area contributed by atoms with E-state index < -0.39 is 17.4 Å². The van der Waals surface area contributed by atoms with Gasteiger partial charge in [0.25, 0.3) is 11.5 Å². The molecule has 2 aromatic carbocycles. The molecule has 5 aromatic rings. The van der Waals surface area contributed by atoms with Gasteiger partial charge in [-0.2, -0.15) is 5.10 Å². The van der Waals surface area contributed by atoms with E-state index >= 15 is 4.39 Å². The molecule has 18 heteroatoms. The Balaban J connectivity index is 0.730. The van der Waals surface area contributed by atoms with Crippen LogP contribution in [0.25, 0.3) is 27.8 Å². The number of aliphatic hydroxyl groups is 1. The van der Waals surface area contributed by atoms with Crippen LogP contribution in [0.4, 0.5) is 21.0 Å². The van der Waals surface area contributed by atoms with Crippen LogP contribution in [0.3, 0.4) is 0 Å². The molecular formula is C45H50FN11O6. The molecule has 3 aromatic heterocycles. The van der Waals surface area contributed by atoms with Crippen LogP contribution < -0.4 is 21.1 Å². The fraction of sp³-hybridized carbons (Fsp3) is 0.422. The zero-order valence-electron chi connectivity index (χ0n) is 35.1. The summed E-state index contributed by atoms with van der Waals surface area (Å²) in [7, 11) is 1.85. The summed E-state index contributed by atoms with van der Waals surface area (Å²) in [6, 6.07) is 17.4. The van der Waals surface area contributed by atoms with E-state index in [4.69, 9.17) is 0 Å². The molecule has 3 N–H and O–H groups in total.